The van der Waals surface area contributed by atoms with Gasteiger partial charge in [0, 0.05) is 18.8 Å². The van der Waals surface area contributed by atoms with Crippen LogP contribution in [0.25, 0.3) is 0 Å². The highest BCUT2D eigenvalue weighted by Crippen LogP contribution is 2.09. The van der Waals surface area contributed by atoms with Crippen LogP contribution in [-0.4, -0.2) is 11.2 Å². The maximum absolute atomic E-state index is 4.21. The van der Waals surface area contributed by atoms with E-state index in [1.54, 1.807) is 0 Å². The second-order valence-corrected chi connectivity index (χ2v) is 2.34. The summed E-state index contributed by atoms with van der Waals surface area (Å²) in [5.74, 6) is 0. The van der Waals surface area contributed by atoms with Gasteiger partial charge in [0.15, 0.2) is 0 Å². The van der Waals surface area contributed by atoms with Crippen molar-refractivity contribution in [2.45, 2.75) is 13.0 Å². The Bertz CT molecular complexity index is 239. The predicted octanol–water partition coefficient (Wildman–Crippen LogP) is 1.21. The molecule has 1 aromatic rings. The van der Waals surface area contributed by atoms with Crippen molar-refractivity contribution in [2.75, 3.05) is 0 Å². The minimum atomic E-state index is 0.760. The second kappa shape index (κ2) is 2.21. The molecule has 1 aliphatic rings. The second-order valence-electron chi connectivity index (χ2n) is 2.34. The summed E-state index contributed by atoms with van der Waals surface area (Å²) in [6, 6.07) is 4.07. The third-order valence-corrected chi connectivity index (χ3v) is 1.67. The summed E-state index contributed by atoms with van der Waals surface area (Å²) in [5, 5.41) is 0. The number of rotatable bonds is 0. The molecule has 50 valence electrons. The number of hydrogen-bond acceptors (Lipinski definition) is 2. The highest BCUT2D eigenvalue weighted by atomic mass is 14.8. The Hall–Kier alpha value is -1.18. The summed E-state index contributed by atoms with van der Waals surface area (Å²) in [6.07, 6.45) is 4.72. The zero-order chi connectivity index (χ0) is 6.81. The molecule has 0 atom stereocenters. The fraction of sp³-hybridized carbons (Fsp3) is 0.250. The maximum Gasteiger partial charge on any atom is 0.0810 e. The molecule has 2 heteroatoms. The molecule has 2 nitrogen and oxygen atoms in total. The molecule has 0 unspecified atom stereocenters. The summed E-state index contributed by atoms with van der Waals surface area (Å²) >= 11 is 0. The maximum atomic E-state index is 4.21. The fourth-order valence-corrected chi connectivity index (χ4v) is 1.11. The molecule has 0 N–H and O–H groups in total. The van der Waals surface area contributed by atoms with E-state index < -0.39 is 0 Å². The smallest absolute Gasteiger partial charge is 0.0810 e. The number of nitrogens with zero attached hydrogens (tertiary/aromatic N) is 2. The Morgan fingerprint density at radius 1 is 1.40 bits per heavy atom. The van der Waals surface area contributed by atoms with Gasteiger partial charge in [-0.25, -0.2) is 0 Å². The molecule has 10 heavy (non-hydrogen) atoms. The summed E-state index contributed by atoms with van der Waals surface area (Å²) in [6.45, 7) is 0.760. The molecule has 0 radical (unpaired) electrons. The number of fused-ring (bicyclic) bond motifs is 1. The summed E-state index contributed by atoms with van der Waals surface area (Å²) in [4.78, 5) is 8.34. The molecule has 0 aliphatic carbocycles. The minimum Gasteiger partial charge on any atom is -0.291 e. The lowest BCUT2D eigenvalue weighted by molar-refractivity contribution is 0.935. The first kappa shape index (κ1) is 5.59. The minimum absolute atomic E-state index is 0.760. The van der Waals surface area contributed by atoms with Crippen LogP contribution in [0.2, 0.25) is 0 Å². The lowest BCUT2D eigenvalue weighted by Crippen LogP contribution is -2.02. The molecule has 2 heterocycles. The topological polar surface area (TPSA) is 25.2 Å². The quantitative estimate of drug-likeness (QED) is 0.520. The zero-order valence-electron chi connectivity index (χ0n) is 5.62. The Morgan fingerprint density at radius 3 is 3.30 bits per heavy atom. The Morgan fingerprint density at radius 2 is 2.40 bits per heavy atom. The molecule has 0 aromatic carbocycles. The van der Waals surface area contributed by atoms with Crippen molar-refractivity contribution >= 4 is 6.21 Å². The molecular formula is C8H8N2. The van der Waals surface area contributed by atoms with E-state index >= 15 is 0 Å². The van der Waals surface area contributed by atoms with Gasteiger partial charge in [0.05, 0.1) is 12.2 Å². The van der Waals surface area contributed by atoms with Crippen LogP contribution in [0.4, 0.5) is 0 Å². The Labute approximate surface area is 59.6 Å². The molecule has 1 aliphatic heterocycles. The average molecular weight is 132 g/mol. The lowest BCUT2D eigenvalue weighted by Gasteiger charge is -2.06. The van der Waals surface area contributed by atoms with Crippen molar-refractivity contribution in [1.82, 2.24) is 4.98 Å². The van der Waals surface area contributed by atoms with Gasteiger partial charge in [-0.3, -0.25) is 9.98 Å². The van der Waals surface area contributed by atoms with Crippen molar-refractivity contribution in [1.29, 1.82) is 0 Å². The number of aliphatic imine (C=N–C) groups is 1. The molecule has 0 saturated heterocycles. The third kappa shape index (κ3) is 0.817. The molecule has 0 spiro atoms. The molecule has 0 amide bonds. The van der Waals surface area contributed by atoms with Gasteiger partial charge in [-0.1, -0.05) is 6.07 Å². The van der Waals surface area contributed by atoms with E-state index in [2.05, 4.69) is 16.0 Å². The molecule has 2 rings (SSSR count). The molecular weight excluding hydrogens is 124 g/mol. The van der Waals surface area contributed by atoms with Gasteiger partial charge < -0.3 is 0 Å². The number of hydrogen-bond donors (Lipinski definition) is 0. The van der Waals surface area contributed by atoms with E-state index in [-0.39, 0.29) is 0 Å². The van der Waals surface area contributed by atoms with Gasteiger partial charge in [-0.05, 0) is 11.6 Å². The van der Waals surface area contributed by atoms with Crippen LogP contribution < -0.4 is 0 Å². The van der Waals surface area contributed by atoms with E-state index in [1.165, 1.54) is 5.56 Å². The van der Waals surface area contributed by atoms with Gasteiger partial charge in [0.1, 0.15) is 0 Å². The normalized spacial score (nSPS) is 14.8. The van der Waals surface area contributed by atoms with Crippen molar-refractivity contribution in [2.24, 2.45) is 4.99 Å². The van der Waals surface area contributed by atoms with Gasteiger partial charge in [0.25, 0.3) is 0 Å². The average Bonchev–Trinajstić information content (AvgIpc) is 2.05. The summed E-state index contributed by atoms with van der Waals surface area (Å²) < 4.78 is 0. The molecule has 0 saturated carbocycles. The van der Waals surface area contributed by atoms with E-state index in [0.29, 0.717) is 0 Å². The zero-order valence-corrected chi connectivity index (χ0v) is 5.62. The number of aromatic nitrogens is 1. The SMILES string of the molecule is C1=NCc2ncccc2C1. The lowest BCUT2D eigenvalue weighted by atomic mass is 10.1. The monoisotopic (exact) mass is 132 g/mol. The van der Waals surface area contributed by atoms with Crippen molar-refractivity contribution in [3.05, 3.63) is 29.6 Å². The van der Waals surface area contributed by atoms with Gasteiger partial charge in [0.2, 0.25) is 0 Å². The largest absolute Gasteiger partial charge is 0.291 e. The van der Waals surface area contributed by atoms with Crippen molar-refractivity contribution in [3.63, 3.8) is 0 Å². The first-order chi connectivity index (χ1) is 4.97. The highest BCUT2D eigenvalue weighted by molar-refractivity contribution is 5.63. The molecule has 0 fully saturated rings. The molecule has 1 aromatic heterocycles. The van der Waals surface area contributed by atoms with Crippen LogP contribution in [0.15, 0.2) is 23.3 Å². The van der Waals surface area contributed by atoms with Crippen LogP contribution in [0.3, 0.4) is 0 Å². The number of pyridine rings is 1. The Balaban J connectivity index is 2.47. The predicted molar refractivity (Wildman–Crippen MR) is 40.1 cm³/mol. The fourth-order valence-electron chi connectivity index (χ4n) is 1.11. The van der Waals surface area contributed by atoms with E-state index in [9.17, 15) is 0 Å². The van der Waals surface area contributed by atoms with Gasteiger partial charge in [-0.2, -0.15) is 0 Å². The third-order valence-electron chi connectivity index (χ3n) is 1.67. The Kier molecular flexibility index (Phi) is 1.24. The van der Waals surface area contributed by atoms with Crippen molar-refractivity contribution < 1.29 is 0 Å². The van der Waals surface area contributed by atoms with Crippen LogP contribution in [-0.2, 0) is 13.0 Å². The first-order valence-corrected chi connectivity index (χ1v) is 3.38. The van der Waals surface area contributed by atoms with Crippen LogP contribution >= 0.6 is 0 Å². The van der Waals surface area contributed by atoms with Crippen LogP contribution in [0.5, 0.6) is 0 Å². The van der Waals surface area contributed by atoms with Crippen LogP contribution in [0, 0.1) is 0 Å². The van der Waals surface area contributed by atoms with Crippen LogP contribution in [0.1, 0.15) is 11.3 Å². The van der Waals surface area contributed by atoms with E-state index in [0.717, 1.165) is 18.7 Å². The highest BCUT2D eigenvalue weighted by Gasteiger charge is 2.03. The van der Waals surface area contributed by atoms with E-state index in [1.807, 2.05) is 18.5 Å². The first-order valence-electron chi connectivity index (χ1n) is 3.38. The van der Waals surface area contributed by atoms with Gasteiger partial charge >= 0.3 is 0 Å². The van der Waals surface area contributed by atoms with Gasteiger partial charge in [-0.15, -0.1) is 0 Å². The van der Waals surface area contributed by atoms with Crippen molar-refractivity contribution in [3.8, 4) is 0 Å². The molecule has 0 bridgehead atoms. The summed E-state index contributed by atoms with van der Waals surface area (Å²) in [7, 11) is 0. The standard InChI is InChI=1S/C8H8N2/c1-2-7-3-5-9-6-8(7)10-4-1/h1-2,4-5H,3,6H2. The van der Waals surface area contributed by atoms with E-state index in [4.69, 9.17) is 0 Å². The summed E-state index contributed by atoms with van der Waals surface area (Å²) in [5.41, 5.74) is 2.45.